The average molecular weight is 334 g/mol. The summed E-state index contributed by atoms with van der Waals surface area (Å²) < 4.78 is 0. The molecule has 2 amide bonds. The van der Waals surface area contributed by atoms with Gasteiger partial charge in [0, 0.05) is 19.5 Å². The first kappa shape index (κ1) is 17.4. The van der Waals surface area contributed by atoms with Gasteiger partial charge in [-0.25, -0.2) is 4.79 Å². The first-order valence-corrected chi connectivity index (χ1v) is 8.54. The van der Waals surface area contributed by atoms with Crippen molar-refractivity contribution in [3.05, 3.63) is 40.9 Å². The van der Waals surface area contributed by atoms with E-state index in [0.29, 0.717) is 31.1 Å². The van der Waals surface area contributed by atoms with Gasteiger partial charge in [0.05, 0.1) is 6.10 Å². The summed E-state index contributed by atoms with van der Waals surface area (Å²) >= 11 is 1.37. The molecule has 0 bridgehead atoms. The number of urea groups is 1. The van der Waals surface area contributed by atoms with E-state index in [-0.39, 0.29) is 6.03 Å². The minimum Gasteiger partial charge on any atom is -0.391 e. The Labute approximate surface area is 140 Å². The number of nitrogens with one attached hydrogen (secondary N) is 1. The predicted molar refractivity (Wildman–Crippen MR) is 91.7 cm³/mol. The molecule has 1 heterocycles. The lowest BCUT2D eigenvalue weighted by Crippen LogP contribution is -2.39. The number of aromatic nitrogens is 2. The Morgan fingerprint density at radius 2 is 2.04 bits per heavy atom. The van der Waals surface area contributed by atoms with E-state index in [4.69, 9.17) is 0 Å². The fourth-order valence-electron chi connectivity index (χ4n) is 2.06. The summed E-state index contributed by atoms with van der Waals surface area (Å²) in [5.41, 5.74) is 1.16. The van der Waals surface area contributed by atoms with E-state index in [1.165, 1.54) is 11.3 Å². The molecule has 0 aliphatic heterocycles. The molecule has 1 aromatic carbocycles. The van der Waals surface area contributed by atoms with Gasteiger partial charge in [0.2, 0.25) is 5.13 Å². The molecule has 1 aromatic heterocycles. The second-order valence-corrected chi connectivity index (χ2v) is 6.26. The zero-order chi connectivity index (χ0) is 16.7. The van der Waals surface area contributed by atoms with E-state index in [9.17, 15) is 9.90 Å². The Hall–Kier alpha value is -1.99. The Morgan fingerprint density at radius 1 is 1.30 bits per heavy atom. The number of rotatable bonds is 7. The van der Waals surface area contributed by atoms with E-state index < -0.39 is 6.10 Å². The number of benzene rings is 1. The molecular formula is C16H22N4O2S. The molecule has 124 valence electrons. The van der Waals surface area contributed by atoms with Crippen molar-refractivity contribution in [1.82, 2.24) is 15.1 Å². The van der Waals surface area contributed by atoms with E-state index in [0.717, 1.165) is 10.6 Å². The third-order valence-corrected chi connectivity index (χ3v) is 4.29. The van der Waals surface area contributed by atoms with Gasteiger partial charge in [0.1, 0.15) is 5.01 Å². The van der Waals surface area contributed by atoms with Gasteiger partial charge in [0.15, 0.2) is 0 Å². The van der Waals surface area contributed by atoms with Gasteiger partial charge in [-0.2, -0.15) is 0 Å². The van der Waals surface area contributed by atoms with Crippen molar-refractivity contribution in [3.8, 4) is 0 Å². The van der Waals surface area contributed by atoms with Crippen molar-refractivity contribution < 1.29 is 9.90 Å². The van der Waals surface area contributed by atoms with Crippen molar-refractivity contribution in [2.75, 3.05) is 18.4 Å². The maximum atomic E-state index is 12.2. The maximum Gasteiger partial charge on any atom is 0.323 e. The van der Waals surface area contributed by atoms with Crippen molar-refractivity contribution in [2.45, 2.75) is 32.8 Å². The van der Waals surface area contributed by atoms with Gasteiger partial charge in [-0.15, -0.1) is 10.2 Å². The number of anilines is 1. The van der Waals surface area contributed by atoms with E-state index in [1.807, 2.05) is 44.2 Å². The lowest BCUT2D eigenvalue weighted by molar-refractivity contribution is 0.124. The molecule has 2 aromatic rings. The van der Waals surface area contributed by atoms with Crippen molar-refractivity contribution >= 4 is 22.5 Å². The zero-order valence-electron chi connectivity index (χ0n) is 13.4. The second-order valence-electron chi connectivity index (χ2n) is 5.19. The molecule has 0 radical (unpaired) electrons. The first-order chi connectivity index (χ1) is 11.1. The Morgan fingerprint density at radius 3 is 2.70 bits per heavy atom. The fourth-order valence-corrected chi connectivity index (χ4v) is 2.82. The van der Waals surface area contributed by atoms with E-state index in [1.54, 1.807) is 4.90 Å². The Kier molecular flexibility index (Phi) is 6.49. The normalized spacial score (nSPS) is 12.0. The summed E-state index contributed by atoms with van der Waals surface area (Å²) in [6, 6.07) is 9.74. The van der Waals surface area contributed by atoms with Crippen LogP contribution in [0, 0.1) is 0 Å². The molecular weight excluding hydrogens is 312 g/mol. The summed E-state index contributed by atoms with van der Waals surface area (Å²) in [6.07, 6.45) is 0.799. The smallest absolute Gasteiger partial charge is 0.323 e. The monoisotopic (exact) mass is 334 g/mol. The number of likely N-dealkylation sites (N-methyl/N-ethyl adjacent to an activating group) is 1. The van der Waals surface area contributed by atoms with Crippen LogP contribution in [-0.4, -0.2) is 45.4 Å². The highest BCUT2D eigenvalue weighted by molar-refractivity contribution is 7.15. The number of carbonyl (C=O) groups is 1. The number of carbonyl (C=O) groups excluding carboxylic acids is 1. The van der Waals surface area contributed by atoms with Gasteiger partial charge < -0.3 is 10.0 Å². The summed E-state index contributed by atoms with van der Waals surface area (Å²) in [6.45, 7) is 4.60. The van der Waals surface area contributed by atoms with Crippen LogP contribution in [0.2, 0.25) is 0 Å². The van der Waals surface area contributed by atoms with Crippen LogP contribution >= 0.6 is 11.3 Å². The average Bonchev–Trinajstić information content (AvgIpc) is 3.00. The van der Waals surface area contributed by atoms with Crippen LogP contribution in [0.25, 0.3) is 0 Å². The first-order valence-electron chi connectivity index (χ1n) is 7.72. The van der Waals surface area contributed by atoms with Gasteiger partial charge in [0.25, 0.3) is 0 Å². The van der Waals surface area contributed by atoms with Gasteiger partial charge >= 0.3 is 6.03 Å². The van der Waals surface area contributed by atoms with E-state index in [2.05, 4.69) is 15.5 Å². The largest absolute Gasteiger partial charge is 0.391 e. The molecule has 2 N–H and O–H groups in total. The number of nitrogens with zero attached hydrogens (tertiary/aromatic N) is 3. The molecule has 0 aliphatic carbocycles. The zero-order valence-corrected chi connectivity index (χ0v) is 14.2. The van der Waals surface area contributed by atoms with E-state index >= 15 is 0 Å². The highest BCUT2D eigenvalue weighted by Crippen LogP contribution is 2.19. The topological polar surface area (TPSA) is 78.4 Å². The highest BCUT2D eigenvalue weighted by Gasteiger charge is 2.17. The fraction of sp³-hybridized carbons (Fsp3) is 0.438. The maximum absolute atomic E-state index is 12.2. The van der Waals surface area contributed by atoms with Gasteiger partial charge in [-0.1, -0.05) is 48.6 Å². The van der Waals surface area contributed by atoms with Crippen LogP contribution in [-0.2, 0) is 6.42 Å². The van der Waals surface area contributed by atoms with Crippen LogP contribution in [0.15, 0.2) is 30.3 Å². The van der Waals surface area contributed by atoms with Crippen molar-refractivity contribution in [2.24, 2.45) is 0 Å². The second kappa shape index (κ2) is 8.59. The molecule has 6 nitrogen and oxygen atoms in total. The Bertz CT molecular complexity index is 618. The molecule has 2 rings (SSSR count). The minimum atomic E-state index is -0.510. The molecule has 0 spiro atoms. The predicted octanol–water partition coefficient (Wildman–Crippen LogP) is 2.75. The molecule has 0 saturated heterocycles. The minimum absolute atomic E-state index is 0.262. The quantitative estimate of drug-likeness (QED) is 0.816. The van der Waals surface area contributed by atoms with Gasteiger partial charge in [-0.05, 0) is 18.9 Å². The van der Waals surface area contributed by atoms with Crippen LogP contribution in [0.1, 0.15) is 30.8 Å². The molecule has 0 saturated carbocycles. The van der Waals surface area contributed by atoms with Gasteiger partial charge in [-0.3, -0.25) is 5.32 Å². The lowest BCUT2D eigenvalue weighted by atomic mass is 10.2. The standard InChI is InChI=1S/C16H22N4O2S/c1-3-13(21)11-20(4-2)16(22)17-15-19-18-14(23-15)10-12-8-6-5-7-9-12/h5-9,13,21H,3-4,10-11H2,1-2H3,(H,17,19,22). The lowest BCUT2D eigenvalue weighted by Gasteiger charge is -2.22. The van der Waals surface area contributed by atoms with Crippen molar-refractivity contribution in [1.29, 1.82) is 0 Å². The molecule has 1 atom stereocenters. The summed E-state index contributed by atoms with van der Waals surface area (Å²) in [5, 5.41) is 21.9. The number of aliphatic hydroxyl groups is 1. The van der Waals surface area contributed by atoms with Crippen molar-refractivity contribution in [3.63, 3.8) is 0 Å². The van der Waals surface area contributed by atoms with Crippen LogP contribution in [0.4, 0.5) is 9.93 Å². The number of amides is 2. The van der Waals surface area contributed by atoms with Crippen LogP contribution < -0.4 is 5.32 Å². The Balaban J connectivity index is 1.93. The molecule has 23 heavy (non-hydrogen) atoms. The molecule has 7 heteroatoms. The number of aliphatic hydroxyl groups excluding tert-OH is 1. The third kappa shape index (κ3) is 5.30. The third-order valence-electron chi connectivity index (χ3n) is 3.45. The SMILES string of the molecule is CCC(O)CN(CC)C(=O)Nc1nnc(Cc2ccccc2)s1. The molecule has 1 unspecified atom stereocenters. The van der Waals surface area contributed by atoms with Crippen LogP contribution in [0.3, 0.4) is 0 Å². The van der Waals surface area contributed by atoms with Crippen LogP contribution in [0.5, 0.6) is 0 Å². The summed E-state index contributed by atoms with van der Waals surface area (Å²) in [5.74, 6) is 0. The number of hydrogen-bond donors (Lipinski definition) is 2. The number of hydrogen-bond acceptors (Lipinski definition) is 5. The molecule has 0 fully saturated rings. The summed E-state index contributed by atoms with van der Waals surface area (Å²) in [7, 11) is 0. The molecule has 0 aliphatic rings. The summed E-state index contributed by atoms with van der Waals surface area (Å²) in [4.78, 5) is 13.8. The highest BCUT2D eigenvalue weighted by atomic mass is 32.1.